The number of amides is 1. The summed E-state index contributed by atoms with van der Waals surface area (Å²) in [7, 11) is 0. The maximum Gasteiger partial charge on any atom is 0.220 e. The van der Waals surface area contributed by atoms with Crippen molar-refractivity contribution >= 4 is 40.1 Å². The highest BCUT2D eigenvalue weighted by molar-refractivity contribution is 7.22. The molecule has 0 aliphatic carbocycles. The number of aryl methyl sites for hydroxylation is 1. The number of hydrogen-bond donors (Lipinski definition) is 0. The second-order valence-corrected chi connectivity index (χ2v) is 5.74. The molecule has 0 N–H and O–H groups in total. The molecule has 0 saturated heterocycles. The Hall–Kier alpha value is -2.26. The fraction of sp³-hybridized carbons (Fsp3) is 0.0833. The van der Waals surface area contributed by atoms with Crippen LogP contribution in [0.1, 0.15) is 5.69 Å². The highest BCUT2D eigenvalue weighted by Gasteiger charge is 2.17. The first kappa shape index (κ1) is 13.7. The number of benzene rings is 1. The third-order valence-corrected chi connectivity index (χ3v) is 4.58. The van der Waals surface area contributed by atoms with Crippen LogP contribution in [0.3, 0.4) is 0 Å². The summed E-state index contributed by atoms with van der Waals surface area (Å²) in [4.78, 5) is 13.4. The van der Waals surface area contributed by atoms with Gasteiger partial charge in [0.15, 0.2) is 5.01 Å². The molecule has 0 aliphatic rings. The van der Waals surface area contributed by atoms with E-state index in [9.17, 15) is 9.18 Å². The number of rotatable bonds is 4. The van der Waals surface area contributed by atoms with Crippen LogP contribution < -0.4 is 4.90 Å². The van der Waals surface area contributed by atoms with Crippen molar-refractivity contribution in [1.29, 1.82) is 0 Å². The van der Waals surface area contributed by atoms with E-state index in [1.54, 1.807) is 0 Å². The molecule has 2 heterocycles. The fourth-order valence-electron chi connectivity index (χ4n) is 1.65. The van der Waals surface area contributed by atoms with Crippen molar-refractivity contribution in [2.75, 3.05) is 4.90 Å². The SMILES string of the molecule is Cc1nnsc1-c1nnc(N(C=O)c2ccc(F)cc2)s1. The Morgan fingerprint density at radius 1 is 1.19 bits per heavy atom. The zero-order valence-electron chi connectivity index (χ0n) is 10.7. The van der Waals surface area contributed by atoms with Crippen LogP contribution >= 0.6 is 22.9 Å². The summed E-state index contributed by atoms with van der Waals surface area (Å²) in [6.45, 7) is 1.83. The van der Waals surface area contributed by atoms with E-state index in [0.29, 0.717) is 22.2 Å². The van der Waals surface area contributed by atoms with E-state index in [-0.39, 0.29) is 5.82 Å². The van der Waals surface area contributed by atoms with Gasteiger partial charge in [-0.1, -0.05) is 15.8 Å². The standard InChI is InChI=1S/C12H8FN5OS2/c1-7-10(21-17-14-7)11-15-16-12(20-11)18(6-19)9-4-2-8(13)3-5-9/h2-6H,1H3. The van der Waals surface area contributed by atoms with Crippen molar-refractivity contribution in [1.82, 2.24) is 19.8 Å². The van der Waals surface area contributed by atoms with Crippen LogP contribution in [-0.4, -0.2) is 26.2 Å². The van der Waals surface area contributed by atoms with Gasteiger partial charge in [-0.25, -0.2) is 4.39 Å². The fourth-order valence-corrected chi connectivity index (χ4v) is 3.25. The first-order chi connectivity index (χ1) is 10.2. The summed E-state index contributed by atoms with van der Waals surface area (Å²) in [6, 6.07) is 5.57. The summed E-state index contributed by atoms with van der Waals surface area (Å²) in [5.41, 5.74) is 1.29. The van der Waals surface area contributed by atoms with Gasteiger partial charge in [-0.05, 0) is 42.7 Å². The lowest BCUT2D eigenvalue weighted by Gasteiger charge is -2.12. The Morgan fingerprint density at radius 3 is 2.57 bits per heavy atom. The molecule has 2 aromatic heterocycles. The lowest BCUT2D eigenvalue weighted by atomic mass is 10.3. The average Bonchev–Trinajstić information content (AvgIpc) is 3.11. The molecule has 3 rings (SSSR count). The van der Waals surface area contributed by atoms with Gasteiger partial charge in [0.1, 0.15) is 10.7 Å². The van der Waals surface area contributed by atoms with E-state index in [4.69, 9.17) is 0 Å². The minimum absolute atomic E-state index is 0.367. The number of anilines is 2. The Balaban J connectivity index is 1.95. The molecule has 21 heavy (non-hydrogen) atoms. The Kier molecular flexibility index (Phi) is 3.67. The van der Waals surface area contributed by atoms with Gasteiger partial charge < -0.3 is 0 Å². The lowest BCUT2D eigenvalue weighted by Crippen LogP contribution is -2.13. The van der Waals surface area contributed by atoms with E-state index in [0.717, 1.165) is 10.6 Å². The Labute approximate surface area is 127 Å². The number of carbonyl (C=O) groups excluding carboxylic acids is 1. The van der Waals surface area contributed by atoms with Crippen molar-refractivity contribution in [3.63, 3.8) is 0 Å². The molecule has 0 atom stereocenters. The Bertz CT molecular complexity index is 770. The zero-order valence-corrected chi connectivity index (χ0v) is 12.4. The minimum Gasteiger partial charge on any atom is -0.278 e. The summed E-state index contributed by atoms with van der Waals surface area (Å²) in [5, 5.41) is 13.0. The second kappa shape index (κ2) is 5.62. The van der Waals surface area contributed by atoms with Gasteiger partial charge in [-0.3, -0.25) is 9.69 Å². The van der Waals surface area contributed by atoms with Crippen LogP contribution in [0.15, 0.2) is 24.3 Å². The van der Waals surface area contributed by atoms with Crippen molar-refractivity contribution in [3.8, 4) is 9.88 Å². The lowest BCUT2D eigenvalue weighted by molar-refractivity contribution is -0.106. The number of halogens is 1. The van der Waals surface area contributed by atoms with Gasteiger partial charge in [0.05, 0.1) is 11.4 Å². The average molecular weight is 321 g/mol. The molecule has 3 aromatic rings. The maximum atomic E-state index is 12.9. The van der Waals surface area contributed by atoms with E-state index in [1.165, 1.54) is 52.0 Å². The van der Waals surface area contributed by atoms with Crippen molar-refractivity contribution in [2.24, 2.45) is 0 Å². The van der Waals surface area contributed by atoms with Gasteiger partial charge in [0.2, 0.25) is 11.5 Å². The van der Waals surface area contributed by atoms with Crippen molar-refractivity contribution < 1.29 is 9.18 Å². The van der Waals surface area contributed by atoms with Crippen LogP contribution in [0.25, 0.3) is 9.88 Å². The molecule has 0 saturated carbocycles. The number of carbonyl (C=O) groups is 1. The molecule has 0 radical (unpaired) electrons. The molecule has 106 valence electrons. The van der Waals surface area contributed by atoms with Gasteiger partial charge in [-0.2, -0.15) is 0 Å². The largest absolute Gasteiger partial charge is 0.278 e. The molecule has 1 amide bonds. The molecule has 9 heteroatoms. The van der Waals surface area contributed by atoms with E-state index in [1.807, 2.05) is 6.92 Å². The van der Waals surface area contributed by atoms with Crippen molar-refractivity contribution in [3.05, 3.63) is 35.8 Å². The van der Waals surface area contributed by atoms with Crippen LogP contribution in [0, 0.1) is 12.7 Å². The number of hydrogen-bond acceptors (Lipinski definition) is 7. The quantitative estimate of drug-likeness (QED) is 0.691. The van der Waals surface area contributed by atoms with Crippen LogP contribution in [-0.2, 0) is 4.79 Å². The normalized spacial score (nSPS) is 10.6. The van der Waals surface area contributed by atoms with Gasteiger partial charge in [0, 0.05) is 0 Å². The highest BCUT2D eigenvalue weighted by atomic mass is 32.1. The number of aromatic nitrogens is 4. The first-order valence-electron chi connectivity index (χ1n) is 5.82. The zero-order chi connectivity index (χ0) is 14.8. The van der Waals surface area contributed by atoms with E-state index >= 15 is 0 Å². The summed E-state index contributed by atoms with van der Waals surface area (Å²) >= 11 is 2.47. The highest BCUT2D eigenvalue weighted by Crippen LogP contribution is 2.34. The van der Waals surface area contributed by atoms with E-state index in [2.05, 4.69) is 19.8 Å². The molecule has 0 fully saturated rings. The first-order valence-corrected chi connectivity index (χ1v) is 7.41. The minimum atomic E-state index is -0.367. The third kappa shape index (κ3) is 2.65. The van der Waals surface area contributed by atoms with Crippen LogP contribution in [0.4, 0.5) is 15.2 Å². The molecule has 0 spiro atoms. The van der Waals surface area contributed by atoms with Gasteiger partial charge in [0.25, 0.3) is 0 Å². The van der Waals surface area contributed by atoms with Crippen LogP contribution in [0.5, 0.6) is 0 Å². The Morgan fingerprint density at radius 2 is 1.95 bits per heavy atom. The second-order valence-electron chi connectivity index (χ2n) is 4.03. The molecular weight excluding hydrogens is 313 g/mol. The molecule has 0 bridgehead atoms. The molecule has 1 aromatic carbocycles. The monoisotopic (exact) mass is 321 g/mol. The number of nitrogens with zero attached hydrogens (tertiary/aromatic N) is 5. The summed E-state index contributed by atoms with van der Waals surface area (Å²) in [6.07, 6.45) is 0.620. The molecule has 6 nitrogen and oxygen atoms in total. The molecular formula is C12H8FN5OS2. The maximum absolute atomic E-state index is 12.9. The van der Waals surface area contributed by atoms with Crippen LogP contribution in [0.2, 0.25) is 0 Å². The predicted octanol–water partition coefficient (Wildman–Crippen LogP) is 2.80. The topological polar surface area (TPSA) is 71.9 Å². The third-order valence-electron chi connectivity index (χ3n) is 2.68. The van der Waals surface area contributed by atoms with Crippen molar-refractivity contribution in [2.45, 2.75) is 6.92 Å². The van der Waals surface area contributed by atoms with Gasteiger partial charge in [-0.15, -0.1) is 15.3 Å². The predicted molar refractivity (Wildman–Crippen MR) is 78.2 cm³/mol. The van der Waals surface area contributed by atoms with Gasteiger partial charge >= 0.3 is 0 Å². The molecule has 0 aliphatic heterocycles. The molecule has 0 unspecified atom stereocenters. The van der Waals surface area contributed by atoms with E-state index < -0.39 is 0 Å². The summed E-state index contributed by atoms with van der Waals surface area (Å²) in [5.74, 6) is -0.367. The summed E-state index contributed by atoms with van der Waals surface area (Å²) < 4.78 is 16.8. The smallest absolute Gasteiger partial charge is 0.220 e.